The van der Waals surface area contributed by atoms with Crippen LogP contribution in [0.5, 0.6) is 0 Å². The predicted octanol–water partition coefficient (Wildman–Crippen LogP) is 1.91. The van der Waals surface area contributed by atoms with Crippen LogP contribution in [0.25, 0.3) is 0 Å². The standard InChI is InChI=1S/C5H5BrFNOS/c6-5-8-3(2-10-5)4(9)1-7/h2,4,9H,1H2. The van der Waals surface area contributed by atoms with E-state index in [1.165, 1.54) is 11.3 Å². The van der Waals surface area contributed by atoms with Gasteiger partial charge < -0.3 is 5.11 Å². The van der Waals surface area contributed by atoms with Crippen molar-refractivity contribution in [1.82, 2.24) is 4.98 Å². The van der Waals surface area contributed by atoms with Crippen molar-refractivity contribution in [1.29, 1.82) is 0 Å². The fraction of sp³-hybridized carbons (Fsp3) is 0.400. The molecule has 0 spiro atoms. The summed E-state index contributed by atoms with van der Waals surface area (Å²) in [4.78, 5) is 3.83. The Morgan fingerprint density at radius 2 is 2.60 bits per heavy atom. The van der Waals surface area contributed by atoms with Crippen molar-refractivity contribution in [3.05, 3.63) is 15.0 Å². The topological polar surface area (TPSA) is 33.1 Å². The summed E-state index contributed by atoms with van der Waals surface area (Å²) in [6.07, 6.45) is -1.07. The van der Waals surface area contributed by atoms with Gasteiger partial charge in [-0.3, -0.25) is 0 Å². The van der Waals surface area contributed by atoms with Gasteiger partial charge >= 0.3 is 0 Å². The van der Waals surface area contributed by atoms with Gasteiger partial charge in [0.1, 0.15) is 12.8 Å². The van der Waals surface area contributed by atoms with E-state index >= 15 is 0 Å². The normalized spacial score (nSPS) is 13.5. The number of nitrogens with zero attached hydrogens (tertiary/aromatic N) is 1. The number of halogens is 2. The molecule has 1 aromatic rings. The van der Waals surface area contributed by atoms with Gasteiger partial charge in [-0.2, -0.15) is 0 Å². The summed E-state index contributed by atoms with van der Waals surface area (Å²) in [6, 6.07) is 0. The molecule has 0 aliphatic rings. The summed E-state index contributed by atoms with van der Waals surface area (Å²) in [7, 11) is 0. The molecule has 0 radical (unpaired) electrons. The van der Waals surface area contributed by atoms with Crippen molar-refractivity contribution in [2.75, 3.05) is 6.67 Å². The Kier molecular flexibility index (Phi) is 2.76. The minimum absolute atomic E-state index is 0.388. The van der Waals surface area contributed by atoms with E-state index in [2.05, 4.69) is 20.9 Å². The molecule has 0 saturated heterocycles. The van der Waals surface area contributed by atoms with Crippen molar-refractivity contribution in [2.24, 2.45) is 0 Å². The maximum atomic E-state index is 11.8. The molecule has 0 fully saturated rings. The van der Waals surface area contributed by atoms with Crippen molar-refractivity contribution in [3.63, 3.8) is 0 Å². The Balaban J connectivity index is 2.74. The van der Waals surface area contributed by atoms with Crippen LogP contribution in [0.15, 0.2) is 9.30 Å². The van der Waals surface area contributed by atoms with E-state index in [9.17, 15) is 4.39 Å². The highest BCUT2D eigenvalue weighted by molar-refractivity contribution is 9.11. The zero-order valence-electron chi connectivity index (χ0n) is 4.92. The van der Waals surface area contributed by atoms with Gasteiger partial charge in [-0.1, -0.05) is 0 Å². The summed E-state index contributed by atoms with van der Waals surface area (Å²) in [5.74, 6) is 0. The first-order chi connectivity index (χ1) is 4.74. The van der Waals surface area contributed by atoms with Crippen LogP contribution in [0.1, 0.15) is 11.8 Å². The van der Waals surface area contributed by atoms with Gasteiger partial charge in [0.15, 0.2) is 3.92 Å². The molecular weight excluding hydrogens is 221 g/mol. The molecule has 56 valence electrons. The van der Waals surface area contributed by atoms with Gasteiger partial charge in [-0.25, -0.2) is 9.37 Å². The van der Waals surface area contributed by atoms with Gasteiger partial charge in [0.2, 0.25) is 0 Å². The zero-order valence-corrected chi connectivity index (χ0v) is 7.32. The van der Waals surface area contributed by atoms with E-state index in [1.54, 1.807) is 5.38 Å². The SMILES string of the molecule is OC(CF)c1csc(Br)n1. The number of alkyl halides is 1. The highest BCUT2D eigenvalue weighted by Crippen LogP contribution is 2.20. The lowest BCUT2D eigenvalue weighted by Crippen LogP contribution is -1.98. The molecule has 1 heterocycles. The van der Waals surface area contributed by atoms with E-state index in [0.29, 0.717) is 9.61 Å². The molecule has 2 nitrogen and oxygen atoms in total. The lowest BCUT2D eigenvalue weighted by Gasteiger charge is -1.98. The Bertz CT molecular complexity index is 217. The molecule has 0 aliphatic heterocycles. The van der Waals surface area contributed by atoms with Gasteiger partial charge in [0.25, 0.3) is 0 Å². The molecule has 1 aromatic heterocycles. The largest absolute Gasteiger partial charge is 0.384 e. The lowest BCUT2D eigenvalue weighted by atomic mass is 10.3. The van der Waals surface area contributed by atoms with Gasteiger partial charge in [-0.05, 0) is 15.9 Å². The van der Waals surface area contributed by atoms with Gasteiger partial charge in [0.05, 0.1) is 5.69 Å². The molecule has 1 N–H and O–H groups in total. The van der Waals surface area contributed by atoms with Crippen LogP contribution in [0.4, 0.5) is 4.39 Å². The van der Waals surface area contributed by atoms with Crippen molar-refractivity contribution >= 4 is 27.3 Å². The van der Waals surface area contributed by atoms with Crippen LogP contribution in [0.3, 0.4) is 0 Å². The van der Waals surface area contributed by atoms with Crippen LogP contribution in [-0.4, -0.2) is 16.8 Å². The second kappa shape index (κ2) is 3.41. The van der Waals surface area contributed by atoms with Crippen molar-refractivity contribution in [2.45, 2.75) is 6.10 Å². The number of thiazole rings is 1. The fourth-order valence-corrected chi connectivity index (χ4v) is 1.57. The predicted molar refractivity (Wildman–Crippen MR) is 40.7 cm³/mol. The summed E-state index contributed by atoms with van der Waals surface area (Å²) >= 11 is 4.43. The molecule has 0 amide bonds. The fourth-order valence-electron chi connectivity index (χ4n) is 0.495. The van der Waals surface area contributed by atoms with E-state index in [1.807, 2.05) is 0 Å². The maximum absolute atomic E-state index is 11.8. The Morgan fingerprint density at radius 1 is 1.90 bits per heavy atom. The first-order valence-electron chi connectivity index (χ1n) is 2.59. The average molecular weight is 226 g/mol. The Labute approximate surface area is 69.8 Å². The third-order valence-corrected chi connectivity index (χ3v) is 2.36. The molecule has 5 heteroatoms. The van der Waals surface area contributed by atoms with Crippen molar-refractivity contribution < 1.29 is 9.50 Å². The monoisotopic (exact) mass is 225 g/mol. The third-order valence-electron chi connectivity index (χ3n) is 0.981. The quantitative estimate of drug-likeness (QED) is 0.835. The number of aliphatic hydroxyl groups is 1. The molecule has 1 unspecified atom stereocenters. The highest BCUT2D eigenvalue weighted by Gasteiger charge is 2.09. The lowest BCUT2D eigenvalue weighted by molar-refractivity contribution is 0.138. The van der Waals surface area contributed by atoms with E-state index in [-0.39, 0.29) is 0 Å². The van der Waals surface area contributed by atoms with Crippen LogP contribution in [-0.2, 0) is 0 Å². The highest BCUT2D eigenvalue weighted by atomic mass is 79.9. The average Bonchev–Trinajstić information content (AvgIpc) is 2.34. The van der Waals surface area contributed by atoms with Crippen LogP contribution in [0.2, 0.25) is 0 Å². The first-order valence-corrected chi connectivity index (χ1v) is 4.26. The number of hydrogen-bond donors (Lipinski definition) is 1. The summed E-state index contributed by atoms with van der Waals surface area (Å²) in [5, 5.41) is 10.5. The zero-order chi connectivity index (χ0) is 7.56. The Hall–Kier alpha value is -0.0000000000000000555. The summed E-state index contributed by atoms with van der Waals surface area (Å²) in [5.41, 5.74) is 0.388. The number of aliphatic hydroxyl groups excluding tert-OH is 1. The third kappa shape index (κ3) is 1.74. The van der Waals surface area contributed by atoms with Gasteiger partial charge in [-0.15, -0.1) is 11.3 Å². The maximum Gasteiger partial charge on any atom is 0.159 e. The van der Waals surface area contributed by atoms with Crippen LogP contribution in [0, 0.1) is 0 Å². The Morgan fingerprint density at radius 3 is 3.00 bits per heavy atom. The number of hydrogen-bond acceptors (Lipinski definition) is 3. The number of aromatic nitrogens is 1. The van der Waals surface area contributed by atoms with Gasteiger partial charge in [0, 0.05) is 5.38 Å². The van der Waals surface area contributed by atoms with E-state index in [0.717, 1.165) is 0 Å². The second-order valence-corrected chi connectivity index (χ2v) is 3.83. The second-order valence-electron chi connectivity index (χ2n) is 1.70. The molecule has 0 aliphatic carbocycles. The minimum atomic E-state index is -1.07. The summed E-state index contributed by atoms with van der Waals surface area (Å²) < 4.78 is 12.4. The first kappa shape index (κ1) is 8.10. The molecule has 1 atom stereocenters. The smallest absolute Gasteiger partial charge is 0.159 e. The molecule has 1 rings (SSSR count). The molecule has 0 bridgehead atoms. The van der Waals surface area contributed by atoms with Crippen LogP contribution >= 0.6 is 27.3 Å². The molecule has 0 aromatic carbocycles. The molecule has 0 saturated carbocycles. The number of rotatable bonds is 2. The minimum Gasteiger partial charge on any atom is -0.384 e. The van der Waals surface area contributed by atoms with E-state index < -0.39 is 12.8 Å². The molecule has 10 heavy (non-hydrogen) atoms. The summed E-state index contributed by atoms with van der Waals surface area (Å²) in [6.45, 7) is -0.782. The van der Waals surface area contributed by atoms with E-state index in [4.69, 9.17) is 5.11 Å². The molecular formula is C5H5BrFNOS. The van der Waals surface area contributed by atoms with Crippen LogP contribution < -0.4 is 0 Å². The van der Waals surface area contributed by atoms with Crippen molar-refractivity contribution in [3.8, 4) is 0 Å².